The molecule has 2 aromatic heterocycles. The van der Waals surface area contributed by atoms with Crippen molar-refractivity contribution in [3.8, 4) is 10.7 Å². The summed E-state index contributed by atoms with van der Waals surface area (Å²) in [5.74, 6) is 0. The Balaban J connectivity index is 2.10. The summed E-state index contributed by atoms with van der Waals surface area (Å²) < 4.78 is 0. The fourth-order valence-electron chi connectivity index (χ4n) is 1.17. The van der Waals surface area contributed by atoms with E-state index in [0.717, 1.165) is 29.5 Å². The van der Waals surface area contributed by atoms with Gasteiger partial charge in [-0.1, -0.05) is 6.92 Å². The molecule has 2 N–H and O–H groups in total. The molecule has 2 aromatic rings. The first kappa shape index (κ1) is 9.36. The van der Waals surface area contributed by atoms with Gasteiger partial charge in [-0.05, 0) is 12.6 Å². The molecule has 74 valence electrons. The summed E-state index contributed by atoms with van der Waals surface area (Å²) in [6, 6.07) is 2.03. The van der Waals surface area contributed by atoms with Crippen molar-refractivity contribution in [1.82, 2.24) is 20.5 Å². The molecule has 0 saturated heterocycles. The minimum Gasteiger partial charge on any atom is -0.311 e. The molecular weight excluding hydrogens is 196 g/mol. The lowest BCUT2D eigenvalue weighted by Gasteiger charge is -1.95. The first-order chi connectivity index (χ1) is 6.90. The van der Waals surface area contributed by atoms with Crippen molar-refractivity contribution in [2.45, 2.75) is 13.5 Å². The minimum atomic E-state index is 0.828. The minimum absolute atomic E-state index is 0.828. The molecule has 2 rings (SSSR count). The van der Waals surface area contributed by atoms with Crippen molar-refractivity contribution in [2.75, 3.05) is 6.54 Å². The van der Waals surface area contributed by atoms with Crippen molar-refractivity contribution in [3.05, 3.63) is 23.3 Å². The summed E-state index contributed by atoms with van der Waals surface area (Å²) in [5, 5.41) is 13.3. The average Bonchev–Trinajstić information content (AvgIpc) is 2.85. The van der Waals surface area contributed by atoms with Crippen molar-refractivity contribution >= 4 is 11.3 Å². The van der Waals surface area contributed by atoms with Gasteiger partial charge < -0.3 is 5.32 Å². The molecule has 0 aliphatic heterocycles. The maximum Gasteiger partial charge on any atom is 0.143 e. The van der Waals surface area contributed by atoms with E-state index < -0.39 is 0 Å². The lowest BCUT2D eigenvalue weighted by Crippen LogP contribution is -2.11. The Kier molecular flexibility index (Phi) is 2.90. The molecule has 0 aromatic carbocycles. The Morgan fingerprint density at radius 2 is 2.50 bits per heavy atom. The lowest BCUT2D eigenvalue weighted by atomic mass is 10.3. The number of thiazole rings is 1. The zero-order valence-electron chi connectivity index (χ0n) is 7.95. The van der Waals surface area contributed by atoms with Crippen molar-refractivity contribution in [1.29, 1.82) is 0 Å². The van der Waals surface area contributed by atoms with Crippen molar-refractivity contribution in [2.24, 2.45) is 0 Å². The fourth-order valence-corrected chi connectivity index (χ4v) is 1.77. The molecule has 0 unspecified atom stereocenters. The maximum atomic E-state index is 4.20. The highest BCUT2D eigenvalue weighted by atomic mass is 32.1. The van der Waals surface area contributed by atoms with Gasteiger partial charge in [0.1, 0.15) is 10.7 Å². The quantitative estimate of drug-likeness (QED) is 0.803. The number of aromatic nitrogens is 3. The summed E-state index contributed by atoms with van der Waals surface area (Å²) in [4.78, 5) is 4.20. The molecule has 0 radical (unpaired) electrons. The van der Waals surface area contributed by atoms with Crippen LogP contribution in [0, 0.1) is 0 Å². The van der Waals surface area contributed by atoms with Gasteiger partial charge >= 0.3 is 0 Å². The van der Waals surface area contributed by atoms with Crippen molar-refractivity contribution < 1.29 is 0 Å². The zero-order valence-corrected chi connectivity index (χ0v) is 8.77. The summed E-state index contributed by atoms with van der Waals surface area (Å²) in [5.41, 5.74) is 2.02. The zero-order chi connectivity index (χ0) is 9.80. The van der Waals surface area contributed by atoms with E-state index in [0.29, 0.717) is 0 Å². The highest BCUT2D eigenvalue weighted by Crippen LogP contribution is 2.19. The Bertz CT molecular complexity index is 379. The van der Waals surface area contributed by atoms with Crippen LogP contribution in [0.3, 0.4) is 0 Å². The highest BCUT2D eigenvalue weighted by Gasteiger charge is 2.04. The predicted octanol–water partition coefficient (Wildman–Crippen LogP) is 1.64. The van der Waals surface area contributed by atoms with E-state index in [2.05, 4.69) is 27.4 Å². The lowest BCUT2D eigenvalue weighted by molar-refractivity contribution is 0.707. The molecule has 0 fully saturated rings. The molecule has 0 saturated carbocycles. The predicted molar refractivity (Wildman–Crippen MR) is 57.1 cm³/mol. The molecule has 0 atom stereocenters. The van der Waals surface area contributed by atoms with E-state index in [9.17, 15) is 0 Å². The number of H-pyrrole nitrogens is 1. The van der Waals surface area contributed by atoms with Crippen LogP contribution >= 0.6 is 11.3 Å². The largest absolute Gasteiger partial charge is 0.311 e. The van der Waals surface area contributed by atoms with Crippen LogP contribution in [-0.2, 0) is 6.54 Å². The normalized spacial score (nSPS) is 10.6. The smallest absolute Gasteiger partial charge is 0.143 e. The Morgan fingerprint density at radius 1 is 1.57 bits per heavy atom. The van der Waals surface area contributed by atoms with Crippen LogP contribution < -0.4 is 5.32 Å². The van der Waals surface area contributed by atoms with Gasteiger partial charge in [0.25, 0.3) is 0 Å². The van der Waals surface area contributed by atoms with Crippen molar-refractivity contribution in [3.63, 3.8) is 0 Å². The van der Waals surface area contributed by atoms with E-state index in [1.165, 1.54) is 0 Å². The summed E-state index contributed by atoms with van der Waals surface area (Å²) >= 11 is 1.60. The fraction of sp³-hybridized carbons (Fsp3) is 0.333. The van der Waals surface area contributed by atoms with Gasteiger partial charge in [0, 0.05) is 23.8 Å². The summed E-state index contributed by atoms with van der Waals surface area (Å²) in [6.45, 7) is 3.87. The average molecular weight is 208 g/mol. The topological polar surface area (TPSA) is 53.6 Å². The highest BCUT2D eigenvalue weighted by molar-refractivity contribution is 7.13. The molecule has 5 heteroatoms. The van der Waals surface area contributed by atoms with Gasteiger partial charge in [-0.3, -0.25) is 5.10 Å². The van der Waals surface area contributed by atoms with Crippen LogP contribution in [0.2, 0.25) is 0 Å². The number of nitrogens with zero attached hydrogens (tertiary/aromatic N) is 2. The maximum absolute atomic E-state index is 4.20. The van der Waals surface area contributed by atoms with E-state index in [-0.39, 0.29) is 0 Å². The molecule has 4 nitrogen and oxygen atoms in total. The second kappa shape index (κ2) is 4.34. The monoisotopic (exact) mass is 208 g/mol. The molecule has 2 heterocycles. The molecule has 0 bridgehead atoms. The number of aromatic amines is 1. The Morgan fingerprint density at radius 3 is 3.21 bits per heavy atom. The van der Waals surface area contributed by atoms with Crippen LogP contribution in [0.25, 0.3) is 10.7 Å². The molecule has 14 heavy (non-hydrogen) atoms. The third-order valence-electron chi connectivity index (χ3n) is 1.85. The number of hydrogen-bond acceptors (Lipinski definition) is 4. The molecule has 0 aliphatic carbocycles. The summed E-state index contributed by atoms with van der Waals surface area (Å²) in [7, 11) is 0. The SMILES string of the molecule is CCNCc1cc(-c2nccs2)n[nH]1. The second-order valence-corrected chi connectivity index (χ2v) is 3.79. The van der Waals surface area contributed by atoms with E-state index >= 15 is 0 Å². The van der Waals surface area contributed by atoms with Crippen LogP contribution in [-0.4, -0.2) is 21.7 Å². The van der Waals surface area contributed by atoms with Gasteiger partial charge in [0.2, 0.25) is 0 Å². The van der Waals surface area contributed by atoms with Gasteiger partial charge in [-0.25, -0.2) is 4.98 Å². The van der Waals surface area contributed by atoms with Crippen LogP contribution in [0.5, 0.6) is 0 Å². The molecular formula is C9H12N4S. The van der Waals surface area contributed by atoms with Crippen LogP contribution in [0.15, 0.2) is 17.6 Å². The third-order valence-corrected chi connectivity index (χ3v) is 2.64. The standard InChI is InChI=1S/C9H12N4S/c1-2-10-6-7-5-8(13-12-7)9-11-3-4-14-9/h3-5,10H,2,6H2,1H3,(H,12,13). The third kappa shape index (κ3) is 2.00. The van der Waals surface area contributed by atoms with Crippen LogP contribution in [0.4, 0.5) is 0 Å². The first-order valence-electron chi connectivity index (χ1n) is 4.55. The molecule has 0 aliphatic rings. The molecule has 0 spiro atoms. The summed E-state index contributed by atoms with van der Waals surface area (Å²) in [6.07, 6.45) is 1.79. The number of hydrogen-bond donors (Lipinski definition) is 2. The number of nitrogens with one attached hydrogen (secondary N) is 2. The van der Waals surface area contributed by atoms with E-state index in [1.807, 2.05) is 11.4 Å². The van der Waals surface area contributed by atoms with Gasteiger partial charge in [-0.2, -0.15) is 5.10 Å². The van der Waals surface area contributed by atoms with Crippen LogP contribution in [0.1, 0.15) is 12.6 Å². The van der Waals surface area contributed by atoms with Gasteiger partial charge in [0.15, 0.2) is 0 Å². The van der Waals surface area contributed by atoms with E-state index in [1.54, 1.807) is 17.5 Å². The van der Waals surface area contributed by atoms with Gasteiger partial charge in [0.05, 0.1) is 0 Å². The molecule has 0 amide bonds. The second-order valence-electron chi connectivity index (χ2n) is 2.90. The van der Waals surface area contributed by atoms with E-state index in [4.69, 9.17) is 0 Å². The van der Waals surface area contributed by atoms with Gasteiger partial charge in [-0.15, -0.1) is 11.3 Å². The Hall–Kier alpha value is -1.20. The Labute approximate surface area is 86.4 Å². The first-order valence-corrected chi connectivity index (χ1v) is 5.43. The number of rotatable bonds is 4.